The Labute approximate surface area is 146 Å². The Bertz CT molecular complexity index is 756. The summed E-state index contributed by atoms with van der Waals surface area (Å²) in [6, 6.07) is 11.7. The fourth-order valence-corrected chi connectivity index (χ4v) is 2.77. The van der Waals surface area contributed by atoms with Crippen LogP contribution in [0.1, 0.15) is 6.92 Å². The van der Waals surface area contributed by atoms with Gasteiger partial charge in [-0.15, -0.1) is 11.8 Å². The summed E-state index contributed by atoms with van der Waals surface area (Å²) in [6.45, 7) is -1.36. The summed E-state index contributed by atoms with van der Waals surface area (Å²) in [7, 11) is 0. The van der Waals surface area contributed by atoms with Gasteiger partial charge in [-0.3, -0.25) is 14.9 Å². The first-order chi connectivity index (χ1) is 11.9. The van der Waals surface area contributed by atoms with Crippen molar-refractivity contribution >= 4 is 29.0 Å². The van der Waals surface area contributed by atoms with Crippen molar-refractivity contribution in [3.05, 3.63) is 58.6 Å². The van der Waals surface area contributed by atoms with Gasteiger partial charge in [-0.25, -0.2) is 0 Å². The number of carbonyl (C=O) groups excluding carboxylic acids is 1. The smallest absolute Gasteiger partial charge is 0.387 e. The van der Waals surface area contributed by atoms with E-state index in [0.717, 1.165) is 0 Å². The maximum Gasteiger partial charge on any atom is 0.387 e. The molecule has 0 heterocycles. The van der Waals surface area contributed by atoms with Crippen molar-refractivity contribution in [2.24, 2.45) is 0 Å². The van der Waals surface area contributed by atoms with Gasteiger partial charge in [0, 0.05) is 17.0 Å². The first kappa shape index (κ1) is 18.7. The predicted octanol–water partition coefficient (Wildman–Crippen LogP) is 4.32. The molecule has 2 aromatic rings. The van der Waals surface area contributed by atoms with E-state index in [9.17, 15) is 23.7 Å². The number of halogens is 2. The largest absolute Gasteiger partial charge is 0.433 e. The normalized spacial score (nSPS) is 11.8. The van der Waals surface area contributed by atoms with Crippen LogP contribution in [0.3, 0.4) is 0 Å². The number of nitrogens with zero attached hydrogens (tertiary/aromatic N) is 1. The fraction of sp³-hybridized carbons (Fsp3) is 0.188. The van der Waals surface area contributed by atoms with Crippen LogP contribution in [0, 0.1) is 10.1 Å². The number of alkyl halides is 2. The van der Waals surface area contributed by atoms with Crippen molar-refractivity contribution < 1.29 is 23.2 Å². The lowest BCUT2D eigenvalue weighted by Gasteiger charge is -2.15. The molecule has 0 saturated carbocycles. The maximum absolute atomic E-state index is 12.4. The second-order valence-corrected chi connectivity index (χ2v) is 6.29. The van der Waals surface area contributed by atoms with Gasteiger partial charge in [0.2, 0.25) is 5.91 Å². The Balaban J connectivity index is 2.02. The zero-order valence-electron chi connectivity index (χ0n) is 13.0. The Morgan fingerprint density at radius 2 is 1.84 bits per heavy atom. The molecule has 1 N–H and O–H groups in total. The second-order valence-electron chi connectivity index (χ2n) is 4.88. The number of thioether (sulfide) groups is 1. The van der Waals surface area contributed by atoms with E-state index in [1.807, 2.05) is 0 Å². The molecule has 0 aromatic heterocycles. The van der Waals surface area contributed by atoms with Crippen molar-refractivity contribution in [3.8, 4) is 5.75 Å². The van der Waals surface area contributed by atoms with Crippen LogP contribution in [-0.4, -0.2) is 22.7 Å². The van der Waals surface area contributed by atoms with Crippen molar-refractivity contribution in [3.63, 3.8) is 0 Å². The second kappa shape index (κ2) is 8.43. The van der Waals surface area contributed by atoms with E-state index < -0.39 is 22.7 Å². The summed E-state index contributed by atoms with van der Waals surface area (Å²) in [5.74, 6) is -0.535. The summed E-state index contributed by atoms with van der Waals surface area (Å²) < 4.78 is 29.1. The van der Waals surface area contributed by atoms with Gasteiger partial charge in [0.1, 0.15) is 5.75 Å². The van der Waals surface area contributed by atoms with Crippen molar-refractivity contribution in [1.29, 1.82) is 0 Å². The van der Waals surface area contributed by atoms with Gasteiger partial charge in [0.25, 0.3) is 5.69 Å². The molecular formula is C16H14F2N2O4S. The molecule has 132 valence electrons. The van der Waals surface area contributed by atoms with Crippen LogP contribution in [-0.2, 0) is 4.79 Å². The minimum absolute atomic E-state index is 0.0421. The van der Waals surface area contributed by atoms with Crippen LogP contribution in [0.25, 0.3) is 0 Å². The first-order valence-electron chi connectivity index (χ1n) is 7.12. The molecule has 1 unspecified atom stereocenters. The van der Waals surface area contributed by atoms with Crippen molar-refractivity contribution in [2.45, 2.75) is 23.7 Å². The number of carbonyl (C=O) groups is 1. The number of amides is 1. The molecular weight excluding hydrogens is 354 g/mol. The average Bonchev–Trinajstić information content (AvgIpc) is 2.56. The molecule has 25 heavy (non-hydrogen) atoms. The molecule has 2 rings (SSSR count). The monoisotopic (exact) mass is 368 g/mol. The van der Waals surface area contributed by atoms with Crippen LogP contribution in [0.15, 0.2) is 53.4 Å². The Kier molecular flexibility index (Phi) is 6.29. The number of nitrogens with one attached hydrogen (secondary N) is 1. The lowest BCUT2D eigenvalue weighted by atomic mass is 10.3. The molecule has 0 aliphatic heterocycles. The minimum Gasteiger partial charge on any atom is -0.433 e. The number of non-ortho nitro benzene ring substituents is 1. The fourth-order valence-electron chi connectivity index (χ4n) is 1.91. The molecule has 1 amide bonds. The maximum atomic E-state index is 12.4. The van der Waals surface area contributed by atoms with E-state index in [1.165, 1.54) is 42.1 Å². The number of rotatable bonds is 7. The SMILES string of the molecule is CC(Sc1ccc([N+](=O)[O-])cc1)C(=O)Nc1ccccc1OC(F)F. The van der Waals surface area contributed by atoms with Crippen LogP contribution in [0.2, 0.25) is 0 Å². The number of benzene rings is 2. The van der Waals surface area contributed by atoms with E-state index in [-0.39, 0.29) is 17.1 Å². The third-order valence-corrected chi connectivity index (χ3v) is 4.20. The van der Waals surface area contributed by atoms with E-state index in [0.29, 0.717) is 4.90 Å². The number of anilines is 1. The van der Waals surface area contributed by atoms with Crippen molar-refractivity contribution in [1.82, 2.24) is 0 Å². The number of nitro benzene ring substituents is 1. The topological polar surface area (TPSA) is 81.5 Å². The Hall–Kier alpha value is -2.68. The molecule has 0 fully saturated rings. The minimum atomic E-state index is -3.00. The highest BCUT2D eigenvalue weighted by atomic mass is 32.2. The van der Waals surface area contributed by atoms with E-state index >= 15 is 0 Å². The van der Waals surface area contributed by atoms with Crippen LogP contribution >= 0.6 is 11.8 Å². The van der Waals surface area contributed by atoms with Gasteiger partial charge in [-0.2, -0.15) is 8.78 Å². The van der Waals surface area contributed by atoms with Gasteiger partial charge in [-0.1, -0.05) is 12.1 Å². The summed E-state index contributed by atoms with van der Waals surface area (Å²) in [6.07, 6.45) is 0. The molecule has 2 aromatic carbocycles. The highest BCUT2D eigenvalue weighted by molar-refractivity contribution is 8.00. The lowest BCUT2D eigenvalue weighted by molar-refractivity contribution is -0.384. The van der Waals surface area contributed by atoms with Crippen LogP contribution < -0.4 is 10.1 Å². The average molecular weight is 368 g/mol. The van der Waals surface area contributed by atoms with Gasteiger partial charge in [-0.05, 0) is 31.2 Å². The van der Waals surface area contributed by atoms with E-state index in [4.69, 9.17) is 0 Å². The highest BCUT2D eigenvalue weighted by Gasteiger charge is 2.18. The summed E-state index contributed by atoms with van der Waals surface area (Å²) in [4.78, 5) is 23.0. The Morgan fingerprint density at radius 1 is 1.20 bits per heavy atom. The van der Waals surface area contributed by atoms with Gasteiger partial charge in [0.05, 0.1) is 15.9 Å². The van der Waals surface area contributed by atoms with Gasteiger partial charge in [0.15, 0.2) is 0 Å². The van der Waals surface area contributed by atoms with Crippen molar-refractivity contribution in [2.75, 3.05) is 5.32 Å². The molecule has 0 spiro atoms. The highest BCUT2D eigenvalue weighted by Crippen LogP contribution is 2.29. The number of para-hydroxylation sites is 2. The standard InChI is InChI=1S/C16H14F2N2O4S/c1-10(25-12-8-6-11(7-9-12)20(22)23)15(21)19-13-4-2-3-5-14(13)24-16(17)18/h2-10,16H,1H3,(H,19,21). The molecule has 0 bridgehead atoms. The third-order valence-electron chi connectivity index (χ3n) is 3.09. The molecule has 1 atom stereocenters. The molecule has 0 aliphatic carbocycles. The molecule has 9 heteroatoms. The summed E-state index contributed by atoms with van der Waals surface area (Å²) in [5.41, 5.74) is 0.100. The number of ether oxygens (including phenoxy) is 1. The number of nitro groups is 1. The number of hydrogen-bond donors (Lipinski definition) is 1. The quantitative estimate of drug-likeness (QED) is 0.447. The lowest BCUT2D eigenvalue weighted by Crippen LogP contribution is -2.23. The summed E-state index contributed by atoms with van der Waals surface area (Å²) >= 11 is 1.19. The van der Waals surface area contributed by atoms with E-state index in [2.05, 4.69) is 10.1 Å². The predicted molar refractivity (Wildman–Crippen MR) is 90.1 cm³/mol. The first-order valence-corrected chi connectivity index (χ1v) is 8.00. The van der Waals surface area contributed by atoms with E-state index in [1.54, 1.807) is 25.1 Å². The number of hydrogen-bond acceptors (Lipinski definition) is 5. The molecule has 6 nitrogen and oxygen atoms in total. The summed E-state index contributed by atoms with van der Waals surface area (Å²) in [5, 5.41) is 12.6. The van der Waals surface area contributed by atoms with Gasteiger partial charge >= 0.3 is 6.61 Å². The molecule has 0 aliphatic rings. The zero-order valence-corrected chi connectivity index (χ0v) is 13.8. The molecule has 0 radical (unpaired) electrons. The van der Waals surface area contributed by atoms with Gasteiger partial charge < -0.3 is 10.1 Å². The molecule has 0 saturated heterocycles. The zero-order chi connectivity index (χ0) is 18.4. The van der Waals surface area contributed by atoms with Crippen LogP contribution in [0.5, 0.6) is 5.75 Å². The third kappa shape index (κ3) is 5.42. The Morgan fingerprint density at radius 3 is 2.44 bits per heavy atom. The van der Waals surface area contributed by atoms with Crippen LogP contribution in [0.4, 0.5) is 20.2 Å².